The predicted molar refractivity (Wildman–Crippen MR) is 33.6 cm³/mol. The standard InChI is InChI=1S/C7H11NO/c8-5-6-3-1-2-4-7(6)9/h6-7,9H,1-4H2. The minimum Gasteiger partial charge on any atom is -0.392 e. The van der Waals surface area contributed by atoms with Gasteiger partial charge in [0.15, 0.2) is 0 Å². The number of nitrogens with zero attached hydrogens (tertiary/aromatic N) is 1. The highest BCUT2D eigenvalue weighted by Crippen LogP contribution is 2.22. The van der Waals surface area contributed by atoms with Gasteiger partial charge >= 0.3 is 0 Å². The van der Waals surface area contributed by atoms with Crippen molar-refractivity contribution in [1.82, 2.24) is 0 Å². The minimum absolute atomic E-state index is 0.0845. The molecule has 1 N–H and O–H groups in total. The molecule has 50 valence electrons. The molecule has 1 aliphatic carbocycles. The van der Waals surface area contributed by atoms with Gasteiger partial charge in [0.05, 0.1) is 18.1 Å². The highest BCUT2D eigenvalue weighted by atomic mass is 16.3. The molecule has 2 nitrogen and oxygen atoms in total. The third-order valence-corrected chi connectivity index (χ3v) is 1.90. The van der Waals surface area contributed by atoms with Gasteiger partial charge in [-0.1, -0.05) is 12.8 Å². The Bertz CT molecular complexity index is 127. The quantitative estimate of drug-likeness (QED) is 0.526. The maximum absolute atomic E-state index is 9.15. The fourth-order valence-corrected chi connectivity index (χ4v) is 1.26. The molecule has 0 heterocycles. The number of nitriles is 1. The van der Waals surface area contributed by atoms with Crippen LogP contribution in [-0.4, -0.2) is 11.2 Å². The second-order valence-electron chi connectivity index (χ2n) is 2.59. The van der Waals surface area contributed by atoms with Crippen LogP contribution in [0.2, 0.25) is 0 Å². The summed E-state index contributed by atoms with van der Waals surface area (Å²) in [6.45, 7) is 0. The largest absolute Gasteiger partial charge is 0.392 e. The van der Waals surface area contributed by atoms with E-state index in [1.807, 2.05) is 0 Å². The van der Waals surface area contributed by atoms with E-state index in [2.05, 4.69) is 6.07 Å². The summed E-state index contributed by atoms with van der Waals surface area (Å²) in [5.74, 6) is -0.0845. The van der Waals surface area contributed by atoms with Crippen LogP contribution in [0, 0.1) is 17.2 Å². The van der Waals surface area contributed by atoms with E-state index in [-0.39, 0.29) is 12.0 Å². The van der Waals surface area contributed by atoms with E-state index < -0.39 is 0 Å². The summed E-state index contributed by atoms with van der Waals surface area (Å²) in [7, 11) is 0. The van der Waals surface area contributed by atoms with Crippen LogP contribution in [0.3, 0.4) is 0 Å². The Labute approximate surface area is 55.1 Å². The summed E-state index contributed by atoms with van der Waals surface area (Å²) in [4.78, 5) is 0. The fourth-order valence-electron chi connectivity index (χ4n) is 1.26. The SMILES string of the molecule is N#CC1CCCCC1O. The number of rotatable bonds is 0. The average Bonchev–Trinajstić information content (AvgIpc) is 1.89. The first kappa shape index (κ1) is 6.57. The molecule has 1 aliphatic rings. The molecule has 0 amide bonds. The van der Waals surface area contributed by atoms with Gasteiger partial charge in [-0.2, -0.15) is 5.26 Å². The third kappa shape index (κ3) is 1.43. The second-order valence-corrected chi connectivity index (χ2v) is 2.59. The molecule has 2 unspecified atom stereocenters. The van der Waals surface area contributed by atoms with E-state index >= 15 is 0 Å². The summed E-state index contributed by atoms with van der Waals surface area (Å²) in [6, 6.07) is 2.10. The van der Waals surface area contributed by atoms with Crippen molar-refractivity contribution < 1.29 is 5.11 Å². The molecule has 0 radical (unpaired) electrons. The minimum atomic E-state index is -0.344. The second kappa shape index (κ2) is 2.84. The van der Waals surface area contributed by atoms with Crippen LogP contribution in [0.1, 0.15) is 25.7 Å². The molecule has 1 fully saturated rings. The molecular weight excluding hydrogens is 114 g/mol. The van der Waals surface area contributed by atoms with Crippen LogP contribution in [-0.2, 0) is 0 Å². The molecule has 0 aliphatic heterocycles. The summed E-state index contributed by atoms with van der Waals surface area (Å²) in [5.41, 5.74) is 0. The van der Waals surface area contributed by atoms with Gasteiger partial charge in [0.1, 0.15) is 0 Å². The normalized spacial score (nSPS) is 35.6. The summed E-state index contributed by atoms with van der Waals surface area (Å²) in [5, 5.41) is 17.6. The molecule has 0 aromatic rings. The van der Waals surface area contributed by atoms with E-state index in [1.165, 1.54) is 0 Å². The van der Waals surface area contributed by atoms with Gasteiger partial charge in [-0.3, -0.25) is 0 Å². The van der Waals surface area contributed by atoms with Crippen molar-refractivity contribution in [2.75, 3.05) is 0 Å². The molecular formula is C7H11NO. The van der Waals surface area contributed by atoms with Gasteiger partial charge in [0, 0.05) is 0 Å². The molecule has 1 rings (SSSR count). The molecule has 0 bridgehead atoms. The maximum Gasteiger partial charge on any atom is 0.0722 e. The van der Waals surface area contributed by atoms with Crippen molar-refractivity contribution in [3.8, 4) is 6.07 Å². The van der Waals surface area contributed by atoms with Crippen molar-refractivity contribution in [3.05, 3.63) is 0 Å². The molecule has 0 aromatic heterocycles. The highest BCUT2D eigenvalue weighted by molar-refractivity contribution is 4.90. The predicted octanol–water partition coefficient (Wildman–Crippen LogP) is 1.06. The van der Waals surface area contributed by atoms with Gasteiger partial charge in [0.2, 0.25) is 0 Å². The third-order valence-electron chi connectivity index (χ3n) is 1.90. The lowest BCUT2D eigenvalue weighted by atomic mass is 9.88. The molecule has 0 saturated heterocycles. The van der Waals surface area contributed by atoms with E-state index in [0.717, 1.165) is 25.7 Å². The molecule has 2 atom stereocenters. The lowest BCUT2D eigenvalue weighted by Crippen LogP contribution is -2.22. The smallest absolute Gasteiger partial charge is 0.0722 e. The summed E-state index contributed by atoms with van der Waals surface area (Å²) >= 11 is 0. The van der Waals surface area contributed by atoms with Gasteiger partial charge in [-0.05, 0) is 12.8 Å². The summed E-state index contributed by atoms with van der Waals surface area (Å²) in [6.07, 6.45) is 3.55. The molecule has 9 heavy (non-hydrogen) atoms. The van der Waals surface area contributed by atoms with Crippen molar-refractivity contribution in [3.63, 3.8) is 0 Å². The Morgan fingerprint density at radius 3 is 2.44 bits per heavy atom. The zero-order chi connectivity index (χ0) is 6.69. The van der Waals surface area contributed by atoms with Gasteiger partial charge in [-0.15, -0.1) is 0 Å². The zero-order valence-electron chi connectivity index (χ0n) is 5.38. The molecule has 2 heteroatoms. The van der Waals surface area contributed by atoms with E-state index in [4.69, 9.17) is 10.4 Å². The highest BCUT2D eigenvalue weighted by Gasteiger charge is 2.21. The van der Waals surface area contributed by atoms with Crippen molar-refractivity contribution in [1.29, 1.82) is 5.26 Å². The number of hydrogen-bond acceptors (Lipinski definition) is 2. The van der Waals surface area contributed by atoms with E-state index in [0.29, 0.717) is 0 Å². The first-order chi connectivity index (χ1) is 4.34. The zero-order valence-corrected chi connectivity index (χ0v) is 5.38. The van der Waals surface area contributed by atoms with Crippen LogP contribution in [0.5, 0.6) is 0 Å². The Hall–Kier alpha value is -0.550. The topological polar surface area (TPSA) is 44.0 Å². The van der Waals surface area contributed by atoms with Crippen molar-refractivity contribution >= 4 is 0 Å². The maximum atomic E-state index is 9.15. The van der Waals surface area contributed by atoms with Crippen molar-refractivity contribution in [2.24, 2.45) is 5.92 Å². The van der Waals surface area contributed by atoms with E-state index in [1.54, 1.807) is 0 Å². The Morgan fingerprint density at radius 1 is 1.33 bits per heavy atom. The van der Waals surface area contributed by atoms with Gasteiger partial charge in [-0.25, -0.2) is 0 Å². The number of aliphatic hydroxyl groups is 1. The van der Waals surface area contributed by atoms with Gasteiger partial charge < -0.3 is 5.11 Å². The lowest BCUT2D eigenvalue weighted by molar-refractivity contribution is 0.0961. The molecule has 1 saturated carbocycles. The Balaban J connectivity index is 2.41. The monoisotopic (exact) mass is 125 g/mol. The average molecular weight is 125 g/mol. The fraction of sp³-hybridized carbons (Fsp3) is 0.857. The van der Waals surface area contributed by atoms with Crippen LogP contribution in [0.25, 0.3) is 0 Å². The number of hydrogen-bond donors (Lipinski definition) is 1. The lowest BCUT2D eigenvalue weighted by Gasteiger charge is -2.20. The first-order valence-electron chi connectivity index (χ1n) is 3.42. The van der Waals surface area contributed by atoms with Gasteiger partial charge in [0.25, 0.3) is 0 Å². The summed E-state index contributed by atoms with van der Waals surface area (Å²) < 4.78 is 0. The number of aliphatic hydroxyl groups excluding tert-OH is 1. The Morgan fingerprint density at radius 2 is 2.00 bits per heavy atom. The van der Waals surface area contributed by atoms with Crippen LogP contribution < -0.4 is 0 Å². The van der Waals surface area contributed by atoms with Crippen LogP contribution in [0.4, 0.5) is 0 Å². The molecule has 0 aromatic carbocycles. The van der Waals surface area contributed by atoms with E-state index in [9.17, 15) is 0 Å². The van der Waals surface area contributed by atoms with Crippen molar-refractivity contribution in [2.45, 2.75) is 31.8 Å². The Kier molecular flexibility index (Phi) is 2.07. The van der Waals surface area contributed by atoms with Crippen LogP contribution >= 0.6 is 0 Å². The molecule has 0 spiro atoms. The van der Waals surface area contributed by atoms with Crippen LogP contribution in [0.15, 0.2) is 0 Å². The first-order valence-corrected chi connectivity index (χ1v) is 3.42.